The zero-order chi connectivity index (χ0) is 27.0. The number of nitrogens with one attached hydrogen (secondary N) is 1. The van der Waals surface area contributed by atoms with Crippen molar-refractivity contribution in [2.45, 2.75) is 56.7 Å². The van der Waals surface area contributed by atoms with Gasteiger partial charge < -0.3 is 24.6 Å². The molecular formula is C31H37N3O5. The minimum Gasteiger partial charge on any atom is -0.496 e. The molecule has 2 N–H and O–H groups in total. The van der Waals surface area contributed by atoms with Crippen molar-refractivity contribution in [1.82, 2.24) is 15.2 Å². The molecule has 0 aliphatic carbocycles. The lowest BCUT2D eigenvalue weighted by Gasteiger charge is -2.44. The normalized spacial score (nSPS) is 23.7. The summed E-state index contributed by atoms with van der Waals surface area (Å²) in [6.07, 6.45) is 4.64. The van der Waals surface area contributed by atoms with Crippen molar-refractivity contribution in [3.8, 4) is 16.9 Å². The number of para-hydroxylation sites is 1. The van der Waals surface area contributed by atoms with Crippen molar-refractivity contribution in [1.29, 1.82) is 0 Å². The minimum absolute atomic E-state index is 0.0451. The van der Waals surface area contributed by atoms with E-state index in [0.29, 0.717) is 32.7 Å². The molecule has 5 rings (SSSR count). The second-order valence-corrected chi connectivity index (χ2v) is 10.3. The van der Waals surface area contributed by atoms with Gasteiger partial charge in [0, 0.05) is 43.6 Å². The quantitative estimate of drug-likeness (QED) is 0.459. The number of carbonyl (C=O) groups excluding carboxylic acids is 1. The predicted molar refractivity (Wildman–Crippen MR) is 148 cm³/mol. The van der Waals surface area contributed by atoms with Crippen LogP contribution in [0.5, 0.6) is 5.75 Å². The zero-order valence-electron chi connectivity index (χ0n) is 22.4. The highest BCUT2D eigenvalue weighted by molar-refractivity contribution is 5.76. The molecule has 4 atom stereocenters. The molecule has 8 heteroatoms. The van der Waals surface area contributed by atoms with E-state index in [-0.39, 0.29) is 30.8 Å². The number of pyridine rings is 1. The molecule has 3 aromatic rings. The summed E-state index contributed by atoms with van der Waals surface area (Å²) >= 11 is 0. The van der Waals surface area contributed by atoms with Crippen LogP contribution in [-0.4, -0.2) is 72.1 Å². The number of aliphatic hydroxyl groups is 1. The Kier molecular flexibility index (Phi) is 9.21. The average molecular weight is 532 g/mol. The van der Waals surface area contributed by atoms with Crippen LogP contribution in [0.25, 0.3) is 11.1 Å². The Balaban J connectivity index is 1.21. The van der Waals surface area contributed by atoms with E-state index in [1.165, 1.54) is 5.56 Å². The van der Waals surface area contributed by atoms with Crippen molar-refractivity contribution in [2.75, 3.05) is 26.9 Å². The Morgan fingerprint density at radius 3 is 2.77 bits per heavy atom. The first kappa shape index (κ1) is 27.3. The highest BCUT2D eigenvalue weighted by Gasteiger charge is 2.38. The number of nitrogens with zero attached hydrogens (tertiary/aromatic N) is 2. The number of fused-ring (bicyclic) bond motifs is 1. The number of hydrogen-bond acceptors (Lipinski definition) is 7. The average Bonchev–Trinajstić information content (AvgIpc) is 2.96. The van der Waals surface area contributed by atoms with Crippen molar-refractivity contribution < 1.29 is 24.1 Å². The van der Waals surface area contributed by atoms with Gasteiger partial charge in [-0.2, -0.15) is 0 Å². The van der Waals surface area contributed by atoms with E-state index >= 15 is 0 Å². The molecule has 8 nitrogen and oxygen atoms in total. The van der Waals surface area contributed by atoms with Gasteiger partial charge in [0.2, 0.25) is 5.91 Å². The van der Waals surface area contributed by atoms with Crippen LogP contribution in [0.2, 0.25) is 0 Å². The molecule has 0 radical (unpaired) electrons. The predicted octanol–water partition coefficient (Wildman–Crippen LogP) is 3.57. The zero-order valence-corrected chi connectivity index (χ0v) is 22.4. The number of aliphatic hydroxyl groups excluding tert-OH is 1. The van der Waals surface area contributed by atoms with E-state index in [0.717, 1.165) is 35.3 Å². The van der Waals surface area contributed by atoms with E-state index in [4.69, 9.17) is 14.2 Å². The molecule has 2 saturated heterocycles. The van der Waals surface area contributed by atoms with Crippen LogP contribution >= 0.6 is 0 Å². The maximum absolute atomic E-state index is 12.8. The standard InChI is InChI=1S/C31H37N3O5/c1-37-29-8-3-2-6-25(29)17-33-31(36)16-27-9-10-28-30(39-27)21-38-20-26(35)19-34(28)18-22-5-4-7-24(15-22)23-11-13-32-14-12-23/h2-8,11-15,26-28,30,35H,9-10,16-21H2,1H3,(H,33,36)/t26-,27+,28+,30-/m0/s1. The van der Waals surface area contributed by atoms with Gasteiger partial charge in [-0.15, -0.1) is 0 Å². The molecule has 2 aromatic carbocycles. The number of ether oxygens (including phenoxy) is 3. The van der Waals surface area contributed by atoms with Crippen molar-refractivity contribution >= 4 is 5.91 Å². The summed E-state index contributed by atoms with van der Waals surface area (Å²) in [6, 6.07) is 20.3. The Bertz CT molecular complexity index is 1220. The third-order valence-corrected chi connectivity index (χ3v) is 7.50. The maximum Gasteiger partial charge on any atom is 0.222 e. The van der Waals surface area contributed by atoms with Crippen LogP contribution in [0.3, 0.4) is 0 Å². The Morgan fingerprint density at radius 2 is 1.92 bits per heavy atom. The molecule has 39 heavy (non-hydrogen) atoms. The molecule has 2 aliphatic heterocycles. The molecule has 0 saturated carbocycles. The van der Waals surface area contributed by atoms with Crippen LogP contribution in [-0.2, 0) is 27.4 Å². The van der Waals surface area contributed by atoms with E-state index in [1.807, 2.05) is 36.4 Å². The van der Waals surface area contributed by atoms with Crippen LogP contribution < -0.4 is 10.1 Å². The summed E-state index contributed by atoms with van der Waals surface area (Å²) in [5.74, 6) is 0.714. The third kappa shape index (κ3) is 7.22. The highest BCUT2D eigenvalue weighted by atomic mass is 16.5. The molecular weight excluding hydrogens is 494 g/mol. The van der Waals surface area contributed by atoms with Gasteiger partial charge >= 0.3 is 0 Å². The van der Waals surface area contributed by atoms with Gasteiger partial charge in [0.05, 0.1) is 45.1 Å². The summed E-state index contributed by atoms with van der Waals surface area (Å²) < 4.78 is 17.6. The second-order valence-electron chi connectivity index (χ2n) is 10.3. The van der Waals surface area contributed by atoms with Crippen LogP contribution in [0.15, 0.2) is 73.1 Å². The summed E-state index contributed by atoms with van der Waals surface area (Å²) in [5.41, 5.74) is 4.38. The number of β-amino-alcohol motifs (C(OH)–C–C–N with tert-alkyl or cyclic N) is 1. The number of hydrogen-bond donors (Lipinski definition) is 2. The van der Waals surface area contributed by atoms with Gasteiger partial charge in [-0.3, -0.25) is 14.7 Å². The molecule has 3 heterocycles. The summed E-state index contributed by atoms with van der Waals surface area (Å²) in [6.45, 7) is 2.28. The fourth-order valence-electron chi connectivity index (χ4n) is 5.58. The van der Waals surface area contributed by atoms with E-state index < -0.39 is 6.10 Å². The smallest absolute Gasteiger partial charge is 0.222 e. The summed E-state index contributed by atoms with van der Waals surface area (Å²) in [5, 5.41) is 13.6. The SMILES string of the molecule is COc1ccccc1CNC(=O)C[C@H]1CC[C@@H]2[C@H](COC[C@@H](O)CN2Cc2cccc(-c3ccncc3)c2)O1. The van der Waals surface area contributed by atoms with Crippen molar-refractivity contribution in [3.63, 3.8) is 0 Å². The lowest BCUT2D eigenvalue weighted by atomic mass is 9.94. The van der Waals surface area contributed by atoms with Crippen molar-refractivity contribution in [3.05, 3.63) is 84.2 Å². The number of rotatable bonds is 8. The molecule has 2 aliphatic rings. The number of amides is 1. The first-order valence-corrected chi connectivity index (χ1v) is 13.6. The molecule has 1 aromatic heterocycles. The number of carbonyl (C=O) groups is 1. The van der Waals surface area contributed by atoms with Gasteiger partial charge in [-0.05, 0) is 53.8 Å². The Hall–Kier alpha value is -3.30. The Labute approximate surface area is 229 Å². The van der Waals surface area contributed by atoms with Gasteiger partial charge in [0.1, 0.15) is 5.75 Å². The fraction of sp³-hybridized carbons (Fsp3) is 0.419. The third-order valence-electron chi connectivity index (χ3n) is 7.50. The number of aromatic nitrogens is 1. The first-order valence-electron chi connectivity index (χ1n) is 13.6. The molecule has 0 spiro atoms. The van der Waals surface area contributed by atoms with Crippen LogP contribution in [0.1, 0.15) is 30.4 Å². The topological polar surface area (TPSA) is 93.2 Å². The fourth-order valence-corrected chi connectivity index (χ4v) is 5.58. The molecule has 206 valence electrons. The largest absolute Gasteiger partial charge is 0.496 e. The second kappa shape index (κ2) is 13.2. The van der Waals surface area contributed by atoms with Gasteiger partial charge in [0.25, 0.3) is 0 Å². The van der Waals surface area contributed by atoms with Gasteiger partial charge in [-0.1, -0.05) is 36.4 Å². The summed E-state index contributed by atoms with van der Waals surface area (Å²) in [7, 11) is 1.63. The number of benzene rings is 2. The molecule has 0 unspecified atom stereocenters. The lowest BCUT2D eigenvalue weighted by molar-refractivity contribution is -0.158. The van der Waals surface area contributed by atoms with E-state index in [9.17, 15) is 9.90 Å². The first-order chi connectivity index (χ1) is 19.1. The minimum atomic E-state index is -0.562. The lowest BCUT2D eigenvalue weighted by Crippen LogP contribution is -2.55. The van der Waals surface area contributed by atoms with Crippen LogP contribution in [0, 0.1) is 0 Å². The maximum atomic E-state index is 12.8. The monoisotopic (exact) mass is 531 g/mol. The van der Waals surface area contributed by atoms with E-state index in [1.54, 1.807) is 19.5 Å². The molecule has 2 fully saturated rings. The molecule has 1 amide bonds. The van der Waals surface area contributed by atoms with Crippen LogP contribution in [0.4, 0.5) is 0 Å². The number of methoxy groups -OCH3 is 1. The summed E-state index contributed by atoms with van der Waals surface area (Å²) in [4.78, 5) is 19.2. The highest BCUT2D eigenvalue weighted by Crippen LogP contribution is 2.29. The molecule has 0 bridgehead atoms. The van der Waals surface area contributed by atoms with E-state index in [2.05, 4.69) is 39.5 Å². The Morgan fingerprint density at radius 1 is 1.08 bits per heavy atom. The van der Waals surface area contributed by atoms with Gasteiger partial charge in [-0.25, -0.2) is 0 Å². The van der Waals surface area contributed by atoms with Crippen molar-refractivity contribution in [2.24, 2.45) is 0 Å². The van der Waals surface area contributed by atoms with Gasteiger partial charge in [0.15, 0.2) is 0 Å².